The monoisotopic (exact) mass is 341 g/mol. The third-order valence-corrected chi connectivity index (χ3v) is 3.75. The molecule has 0 spiro atoms. The summed E-state index contributed by atoms with van der Waals surface area (Å²) in [7, 11) is 1.63. The van der Waals surface area contributed by atoms with Gasteiger partial charge in [-0.2, -0.15) is 0 Å². The number of thiazole rings is 1. The summed E-state index contributed by atoms with van der Waals surface area (Å²) in [5.41, 5.74) is 8.25. The molecule has 0 radical (unpaired) electrons. The van der Waals surface area contributed by atoms with Crippen molar-refractivity contribution in [1.29, 1.82) is 0 Å². The van der Waals surface area contributed by atoms with Gasteiger partial charge in [-0.05, 0) is 32.0 Å². The van der Waals surface area contributed by atoms with E-state index in [-0.39, 0.29) is 18.3 Å². The van der Waals surface area contributed by atoms with Gasteiger partial charge in [0, 0.05) is 17.4 Å². The minimum absolute atomic E-state index is 0. The number of aryl methyl sites for hydroxylation is 1. The summed E-state index contributed by atoms with van der Waals surface area (Å²) in [6.07, 6.45) is 1.09. The van der Waals surface area contributed by atoms with Crippen molar-refractivity contribution in [2.45, 2.75) is 19.8 Å². The number of nitrogens with zero attached hydrogens (tertiary/aromatic N) is 1. The molecule has 0 fully saturated rings. The SMILES string of the molecule is COc1ccc(C)cc1-c1csc(NC(=O)CCCN)n1.Cl. The smallest absolute Gasteiger partial charge is 0.226 e. The number of carbonyl (C=O) groups is 1. The van der Waals surface area contributed by atoms with E-state index in [0.717, 1.165) is 22.6 Å². The summed E-state index contributed by atoms with van der Waals surface area (Å²) in [6, 6.07) is 5.93. The van der Waals surface area contributed by atoms with Gasteiger partial charge < -0.3 is 15.8 Å². The Morgan fingerprint density at radius 2 is 2.23 bits per heavy atom. The Bertz CT molecular complexity index is 631. The number of hydrogen-bond donors (Lipinski definition) is 2. The van der Waals surface area contributed by atoms with Gasteiger partial charge in [-0.15, -0.1) is 23.7 Å². The lowest BCUT2D eigenvalue weighted by Gasteiger charge is -2.07. The first-order valence-corrected chi connectivity index (χ1v) is 7.62. The van der Waals surface area contributed by atoms with E-state index in [0.29, 0.717) is 24.5 Å². The van der Waals surface area contributed by atoms with Crippen LogP contribution in [0.1, 0.15) is 18.4 Å². The minimum atomic E-state index is -0.0578. The van der Waals surface area contributed by atoms with E-state index in [1.165, 1.54) is 11.3 Å². The molecule has 0 aliphatic rings. The van der Waals surface area contributed by atoms with Crippen molar-refractivity contribution >= 4 is 34.8 Å². The molecule has 3 N–H and O–H groups in total. The molecule has 2 aromatic rings. The second kappa shape index (κ2) is 8.73. The van der Waals surface area contributed by atoms with Crippen molar-refractivity contribution in [3.63, 3.8) is 0 Å². The topological polar surface area (TPSA) is 77.2 Å². The van der Waals surface area contributed by atoms with Gasteiger partial charge in [0.1, 0.15) is 5.75 Å². The Balaban J connectivity index is 0.00000242. The molecule has 1 aromatic heterocycles. The van der Waals surface area contributed by atoms with E-state index < -0.39 is 0 Å². The Labute approximate surface area is 140 Å². The van der Waals surface area contributed by atoms with E-state index in [4.69, 9.17) is 10.5 Å². The summed E-state index contributed by atoms with van der Waals surface area (Å²) in [5.74, 6) is 0.712. The van der Waals surface area contributed by atoms with Crippen LogP contribution in [0.3, 0.4) is 0 Å². The molecule has 120 valence electrons. The number of anilines is 1. The van der Waals surface area contributed by atoms with Crippen LogP contribution in [0, 0.1) is 6.92 Å². The average molecular weight is 342 g/mol. The van der Waals surface area contributed by atoms with Crippen LogP contribution < -0.4 is 15.8 Å². The number of nitrogens with one attached hydrogen (secondary N) is 1. The van der Waals surface area contributed by atoms with E-state index in [9.17, 15) is 4.79 Å². The number of halogens is 1. The highest BCUT2D eigenvalue weighted by molar-refractivity contribution is 7.14. The largest absolute Gasteiger partial charge is 0.496 e. The molecule has 0 unspecified atom stereocenters. The van der Waals surface area contributed by atoms with Gasteiger partial charge >= 0.3 is 0 Å². The van der Waals surface area contributed by atoms with Gasteiger partial charge in [-0.3, -0.25) is 4.79 Å². The fourth-order valence-electron chi connectivity index (χ4n) is 1.92. The molecule has 1 amide bonds. The molecule has 0 saturated carbocycles. The van der Waals surface area contributed by atoms with Gasteiger partial charge in [0.05, 0.1) is 12.8 Å². The molecule has 7 heteroatoms. The zero-order valence-corrected chi connectivity index (χ0v) is 14.2. The number of hydrogen-bond acceptors (Lipinski definition) is 5. The van der Waals surface area contributed by atoms with E-state index in [2.05, 4.69) is 10.3 Å². The highest BCUT2D eigenvalue weighted by Crippen LogP contribution is 2.32. The number of carbonyl (C=O) groups excluding carboxylic acids is 1. The van der Waals surface area contributed by atoms with Crippen LogP contribution in [0.25, 0.3) is 11.3 Å². The zero-order valence-electron chi connectivity index (χ0n) is 12.6. The number of aromatic nitrogens is 1. The molecule has 0 atom stereocenters. The number of ether oxygens (including phenoxy) is 1. The number of amides is 1. The lowest BCUT2D eigenvalue weighted by molar-refractivity contribution is -0.116. The molecular weight excluding hydrogens is 322 g/mol. The predicted molar refractivity (Wildman–Crippen MR) is 93.0 cm³/mol. The summed E-state index contributed by atoms with van der Waals surface area (Å²) < 4.78 is 5.36. The minimum Gasteiger partial charge on any atom is -0.496 e. The number of rotatable bonds is 6. The Morgan fingerprint density at radius 3 is 2.91 bits per heavy atom. The summed E-state index contributed by atoms with van der Waals surface area (Å²) in [6.45, 7) is 2.53. The first kappa shape index (κ1) is 18.4. The third-order valence-electron chi connectivity index (χ3n) is 2.99. The van der Waals surface area contributed by atoms with Crippen molar-refractivity contribution in [2.75, 3.05) is 19.0 Å². The zero-order chi connectivity index (χ0) is 15.2. The number of benzene rings is 1. The van der Waals surface area contributed by atoms with E-state index >= 15 is 0 Å². The van der Waals surface area contributed by atoms with Gasteiger partial charge in [-0.25, -0.2) is 4.98 Å². The van der Waals surface area contributed by atoms with Crippen LogP contribution in [-0.2, 0) is 4.79 Å². The molecule has 1 aromatic carbocycles. The highest BCUT2D eigenvalue weighted by Gasteiger charge is 2.11. The molecule has 2 rings (SSSR count). The van der Waals surface area contributed by atoms with Crippen LogP contribution in [0.5, 0.6) is 5.75 Å². The first-order valence-electron chi connectivity index (χ1n) is 6.74. The molecule has 0 aliphatic heterocycles. The van der Waals surface area contributed by atoms with Crippen LogP contribution in [-0.4, -0.2) is 24.5 Å². The number of nitrogens with two attached hydrogens (primary N) is 1. The Kier molecular flexibility index (Phi) is 7.31. The maximum absolute atomic E-state index is 11.7. The molecule has 0 saturated heterocycles. The fraction of sp³-hybridized carbons (Fsp3) is 0.333. The maximum Gasteiger partial charge on any atom is 0.226 e. The summed E-state index contributed by atoms with van der Waals surface area (Å²) in [4.78, 5) is 16.1. The first-order chi connectivity index (χ1) is 10.1. The standard InChI is InChI=1S/C15H19N3O2S.ClH/c1-10-5-6-13(20-2)11(8-10)12-9-21-15(17-12)18-14(19)4-3-7-16;/h5-6,8-9H,3-4,7,16H2,1-2H3,(H,17,18,19);1H. The van der Waals surface area contributed by atoms with Crippen LogP contribution in [0.2, 0.25) is 0 Å². The lowest BCUT2D eigenvalue weighted by atomic mass is 10.1. The molecule has 22 heavy (non-hydrogen) atoms. The van der Waals surface area contributed by atoms with Gasteiger partial charge in [0.15, 0.2) is 5.13 Å². The van der Waals surface area contributed by atoms with Crippen LogP contribution in [0.15, 0.2) is 23.6 Å². The Hall–Kier alpha value is -1.63. The second-order valence-electron chi connectivity index (χ2n) is 4.68. The van der Waals surface area contributed by atoms with Crippen molar-refractivity contribution in [3.05, 3.63) is 29.1 Å². The van der Waals surface area contributed by atoms with E-state index in [1.54, 1.807) is 7.11 Å². The van der Waals surface area contributed by atoms with Crippen molar-refractivity contribution < 1.29 is 9.53 Å². The van der Waals surface area contributed by atoms with Gasteiger partial charge in [0.25, 0.3) is 0 Å². The molecule has 1 heterocycles. The molecular formula is C15H20ClN3O2S. The number of methoxy groups -OCH3 is 1. The molecule has 5 nitrogen and oxygen atoms in total. The van der Waals surface area contributed by atoms with Crippen LogP contribution in [0.4, 0.5) is 5.13 Å². The predicted octanol–water partition coefficient (Wildman–Crippen LogP) is 3.23. The maximum atomic E-state index is 11.7. The normalized spacial score (nSPS) is 9.95. The summed E-state index contributed by atoms with van der Waals surface area (Å²) in [5, 5.41) is 5.30. The van der Waals surface area contributed by atoms with Gasteiger partial charge in [-0.1, -0.05) is 11.6 Å². The fourth-order valence-corrected chi connectivity index (χ4v) is 2.65. The highest BCUT2D eigenvalue weighted by atomic mass is 35.5. The van der Waals surface area contributed by atoms with Crippen molar-refractivity contribution in [3.8, 4) is 17.0 Å². The molecule has 0 bridgehead atoms. The van der Waals surface area contributed by atoms with Crippen molar-refractivity contribution in [1.82, 2.24) is 4.98 Å². The Morgan fingerprint density at radius 1 is 1.45 bits per heavy atom. The summed E-state index contributed by atoms with van der Waals surface area (Å²) >= 11 is 1.40. The average Bonchev–Trinajstić information content (AvgIpc) is 2.93. The second-order valence-corrected chi connectivity index (χ2v) is 5.54. The van der Waals surface area contributed by atoms with Crippen LogP contribution >= 0.6 is 23.7 Å². The molecule has 0 aliphatic carbocycles. The quantitative estimate of drug-likeness (QED) is 0.845. The van der Waals surface area contributed by atoms with E-state index in [1.807, 2.05) is 30.5 Å². The van der Waals surface area contributed by atoms with Crippen molar-refractivity contribution in [2.24, 2.45) is 5.73 Å². The lowest BCUT2D eigenvalue weighted by Crippen LogP contribution is -2.13. The third kappa shape index (κ3) is 4.69. The van der Waals surface area contributed by atoms with Gasteiger partial charge in [0.2, 0.25) is 5.91 Å².